The highest BCUT2D eigenvalue weighted by molar-refractivity contribution is 7.98. The summed E-state index contributed by atoms with van der Waals surface area (Å²) in [5, 5.41) is 1.32. The standard InChI is InChI=1S/C27H27Cl2NO2S/c1-2-24(18-33-17-19-7-4-3-5-8-19)30-25(31)16-32-27(21-9-6-10-23(29)15-21)26(30)20-11-13-22(28)14-12-20/h3-15,24,26-27H,2,16-18H2,1H3/t24-,26?,27?/m0/s1. The Balaban J connectivity index is 1.64. The second kappa shape index (κ2) is 11.4. The summed E-state index contributed by atoms with van der Waals surface area (Å²) in [5.74, 6) is 1.78. The number of hydrogen-bond acceptors (Lipinski definition) is 3. The fourth-order valence-electron chi connectivity index (χ4n) is 4.30. The van der Waals surface area contributed by atoms with E-state index in [4.69, 9.17) is 27.9 Å². The Morgan fingerprint density at radius 3 is 2.42 bits per heavy atom. The van der Waals surface area contributed by atoms with Crippen LogP contribution < -0.4 is 0 Å². The van der Waals surface area contributed by atoms with Gasteiger partial charge in [-0.2, -0.15) is 11.8 Å². The van der Waals surface area contributed by atoms with E-state index in [0.29, 0.717) is 10.0 Å². The van der Waals surface area contributed by atoms with Gasteiger partial charge in [0.2, 0.25) is 5.91 Å². The Bertz CT molecular complexity index is 1060. The zero-order valence-electron chi connectivity index (χ0n) is 18.5. The van der Waals surface area contributed by atoms with Gasteiger partial charge in [-0.15, -0.1) is 0 Å². The number of carbonyl (C=O) groups excluding carboxylic acids is 1. The van der Waals surface area contributed by atoms with Crippen molar-refractivity contribution in [1.82, 2.24) is 4.90 Å². The van der Waals surface area contributed by atoms with Gasteiger partial charge in [-0.3, -0.25) is 4.79 Å². The Morgan fingerprint density at radius 2 is 1.73 bits per heavy atom. The molecule has 6 heteroatoms. The van der Waals surface area contributed by atoms with Crippen LogP contribution in [0.15, 0.2) is 78.9 Å². The lowest BCUT2D eigenvalue weighted by atomic mass is 9.91. The lowest BCUT2D eigenvalue weighted by molar-refractivity contribution is -0.162. The summed E-state index contributed by atoms with van der Waals surface area (Å²) in [7, 11) is 0. The Hall–Kier alpha value is -1.98. The van der Waals surface area contributed by atoms with Gasteiger partial charge in [0, 0.05) is 27.6 Å². The predicted octanol–water partition coefficient (Wildman–Crippen LogP) is 7.35. The number of halogens is 2. The summed E-state index contributed by atoms with van der Waals surface area (Å²) in [4.78, 5) is 15.3. The van der Waals surface area contributed by atoms with Crippen molar-refractivity contribution >= 4 is 40.9 Å². The van der Waals surface area contributed by atoms with Crippen LogP contribution in [0.5, 0.6) is 0 Å². The van der Waals surface area contributed by atoms with E-state index in [2.05, 4.69) is 31.2 Å². The third-order valence-electron chi connectivity index (χ3n) is 5.94. The van der Waals surface area contributed by atoms with Gasteiger partial charge in [-0.25, -0.2) is 0 Å². The molecule has 1 aliphatic heterocycles. The van der Waals surface area contributed by atoms with E-state index in [1.807, 2.05) is 71.3 Å². The van der Waals surface area contributed by atoms with Crippen molar-refractivity contribution in [2.75, 3.05) is 12.4 Å². The zero-order chi connectivity index (χ0) is 23.2. The first-order chi connectivity index (χ1) is 16.1. The maximum absolute atomic E-state index is 13.3. The van der Waals surface area contributed by atoms with Gasteiger partial charge in [-0.05, 0) is 47.4 Å². The average Bonchev–Trinajstić information content (AvgIpc) is 2.83. The molecule has 0 aliphatic carbocycles. The van der Waals surface area contributed by atoms with Crippen LogP contribution in [0, 0.1) is 0 Å². The van der Waals surface area contributed by atoms with Gasteiger partial charge in [0.05, 0.1) is 6.04 Å². The molecular formula is C27H27Cl2NO2S. The fraction of sp³-hybridized carbons (Fsp3) is 0.296. The van der Waals surface area contributed by atoms with Crippen LogP contribution in [0.2, 0.25) is 10.0 Å². The number of nitrogens with zero attached hydrogens (tertiary/aromatic N) is 1. The first kappa shape index (κ1) is 24.2. The first-order valence-electron chi connectivity index (χ1n) is 11.1. The highest BCUT2D eigenvalue weighted by atomic mass is 35.5. The number of rotatable bonds is 8. The maximum Gasteiger partial charge on any atom is 0.249 e. The van der Waals surface area contributed by atoms with Crippen LogP contribution in [-0.2, 0) is 15.3 Å². The molecule has 1 heterocycles. The highest BCUT2D eigenvalue weighted by Gasteiger charge is 2.41. The highest BCUT2D eigenvalue weighted by Crippen LogP contribution is 2.42. The van der Waals surface area contributed by atoms with Gasteiger partial charge in [0.1, 0.15) is 12.7 Å². The molecule has 0 radical (unpaired) electrons. The largest absolute Gasteiger partial charge is 0.361 e. The number of benzene rings is 3. The van der Waals surface area contributed by atoms with E-state index in [9.17, 15) is 4.79 Å². The van der Waals surface area contributed by atoms with E-state index >= 15 is 0 Å². The van der Waals surface area contributed by atoms with Crippen molar-refractivity contribution in [3.8, 4) is 0 Å². The van der Waals surface area contributed by atoms with Gasteiger partial charge in [-0.1, -0.05) is 84.7 Å². The van der Waals surface area contributed by atoms with E-state index < -0.39 is 0 Å². The van der Waals surface area contributed by atoms with Crippen molar-refractivity contribution in [3.63, 3.8) is 0 Å². The normalized spacial score (nSPS) is 19.5. The third-order valence-corrected chi connectivity index (χ3v) is 7.58. The topological polar surface area (TPSA) is 29.5 Å². The molecule has 0 saturated carbocycles. The third kappa shape index (κ3) is 5.93. The van der Waals surface area contributed by atoms with E-state index in [1.165, 1.54) is 5.56 Å². The minimum Gasteiger partial charge on any atom is -0.361 e. The summed E-state index contributed by atoms with van der Waals surface area (Å²) in [6.45, 7) is 2.20. The summed E-state index contributed by atoms with van der Waals surface area (Å²) >= 11 is 14.3. The van der Waals surface area contributed by atoms with Crippen LogP contribution in [-0.4, -0.2) is 29.2 Å². The molecule has 3 atom stereocenters. The minimum atomic E-state index is -0.309. The van der Waals surface area contributed by atoms with Crippen molar-refractivity contribution in [3.05, 3.63) is 106 Å². The molecule has 1 aliphatic rings. The Labute approximate surface area is 210 Å². The molecule has 33 heavy (non-hydrogen) atoms. The van der Waals surface area contributed by atoms with Crippen LogP contribution >= 0.6 is 35.0 Å². The molecule has 1 saturated heterocycles. The van der Waals surface area contributed by atoms with Gasteiger partial charge >= 0.3 is 0 Å². The number of hydrogen-bond donors (Lipinski definition) is 0. The lowest BCUT2D eigenvalue weighted by Gasteiger charge is -2.45. The van der Waals surface area contributed by atoms with Crippen molar-refractivity contribution in [2.45, 2.75) is 37.3 Å². The van der Waals surface area contributed by atoms with E-state index in [1.54, 1.807) is 0 Å². The molecule has 4 rings (SSSR count). The SMILES string of the molecule is CC[C@@H](CSCc1ccccc1)N1C(=O)COC(c2cccc(Cl)c2)C1c1ccc(Cl)cc1. The average molecular weight is 500 g/mol. The summed E-state index contributed by atoms with van der Waals surface area (Å²) in [5.41, 5.74) is 3.26. The lowest BCUT2D eigenvalue weighted by Crippen LogP contribution is -2.51. The summed E-state index contributed by atoms with van der Waals surface area (Å²) in [6.07, 6.45) is 0.552. The molecule has 0 bridgehead atoms. The Morgan fingerprint density at radius 1 is 0.970 bits per heavy atom. The summed E-state index contributed by atoms with van der Waals surface area (Å²) in [6, 6.07) is 25.7. The first-order valence-corrected chi connectivity index (χ1v) is 13.0. The van der Waals surface area contributed by atoms with Crippen LogP contribution in [0.25, 0.3) is 0 Å². The minimum absolute atomic E-state index is 0.0142. The number of morpholine rings is 1. The smallest absolute Gasteiger partial charge is 0.249 e. The van der Waals surface area contributed by atoms with Crippen molar-refractivity contribution < 1.29 is 9.53 Å². The van der Waals surface area contributed by atoms with Crippen LogP contribution in [0.4, 0.5) is 0 Å². The molecule has 3 aromatic rings. The van der Waals surface area contributed by atoms with Crippen LogP contribution in [0.1, 0.15) is 42.2 Å². The molecule has 3 nitrogen and oxygen atoms in total. The van der Waals surface area contributed by atoms with E-state index in [0.717, 1.165) is 29.1 Å². The van der Waals surface area contributed by atoms with Crippen molar-refractivity contribution in [2.24, 2.45) is 0 Å². The molecule has 0 N–H and O–H groups in total. The second-order valence-corrected chi connectivity index (χ2v) is 10.0. The molecule has 0 spiro atoms. The van der Waals surface area contributed by atoms with Crippen molar-refractivity contribution in [1.29, 1.82) is 0 Å². The van der Waals surface area contributed by atoms with Crippen LogP contribution in [0.3, 0.4) is 0 Å². The number of carbonyl (C=O) groups is 1. The van der Waals surface area contributed by atoms with Gasteiger partial charge < -0.3 is 9.64 Å². The summed E-state index contributed by atoms with van der Waals surface area (Å²) < 4.78 is 6.14. The number of amides is 1. The molecule has 0 aromatic heterocycles. The van der Waals surface area contributed by atoms with Gasteiger partial charge in [0.25, 0.3) is 0 Å². The maximum atomic E-state index is 13.3. The molecule has 3 aromatic carbocycles. The molecular weight excluding hydrogens is 473 g/mol. The zero-order valence-corrected chi connectivity index (χ0v) is 20.8. The Kier molecular flexibility index (Phi) is 8.37. The predicted molar refractivity (Wildman–Crippen MR) is 138 cm³/mol. The number of ether oxygens (including phenoxy) is 1. The molecule has 2 unspecified atom stereocenters. The fourth-order valence-corrected chi connectivity index (χ4v) is 5.84. The number of thioether (sulfide) groups is 1. The quantitative estimate of drug-likeness (QED) is 0.324. The van der Waals surface area contributed by atoms with Gasteiger partial charge in [0.15, 0.2) is 0 Å². The second-order valence-electron chi connectivity index (χ2n) is 8.15. The molecule has 172 valence electrons. The molecule has 1 amide bonds. The monoisotopic (exact) mass is 499 g/mol. The van der Waals surface area contributed by atoms with E-state index in [-0.39, 0.29) is 30.7 Å². The molecule has 1 fully saturated rings.